The van der Waals surface area contributed by atoms with Crippen LogP contribution in [0.15, 0.2) is 47.4 Å². The van der Waals surface area contributed by atoms with Crippen LogP contribution in [0, 0.1) is 19.3 Å². The van der Waals surface area contributed by atoms with E-state index in [9.17, 15) is 13.2 Å². The van der Waals surface area contributed by atoms with E-state index in [1.807, 2.05) is 56.5 Å². The van der Waals surface area contributed by atoms with Crippen molar-refractivity contribution in [3.8, 4) is 12.3 Å². The van der Waals surface area contributed by atoms with Crippen LogP contribution in [0.4, 0.5) is 0 Å². The van der Waals surface area contributed by atoms with Crippen molar-refractivity contribution >= 4 is 27.0 Å². The number of sulfonamides is 1. The molecule has 2 aromatic carbocycles. The van der Waals surface area contributed by atoms with E-state index in [-0.39, 0.29) is 23.8 Å². The molecule has 0 spiro atoms. The zero-order valence-electron chi connectivity index (χ0n) is 21.0. The first-order chi connectivity index (χ1) is 16.7. The van der Waals surface area contributed by atoms with Crippen LogP contribution in [0.3, 0.4) is 0 Å². The van der Waals surface area contributed by atoms with Gasteiger partial charge in [0.05, 0.1) is 22.5 Å². The topological polar surface area (TPSA) is 75.5 Å². The molecule has 7 nitrogen and oxygen atoms in total. The highest BCUT2D eigenvalue weighted by molar-refractivity contribution is 7.89. The minimum atomic E-state index is -3.57. The number of hydrogen-bond donors (Lipinski definition) is 0. The molecule has 0 aliphatic carbocycles. The number of terminal acetylenes is 1. The molecular weight excluding hydrogens is 460 g/mol. The maximum Gasteiger partial charge on any atom is 0.243 e. The number of aryl methyl sites for hydroxylation is 3. The molecule has 1 heterocycles. The second kappa shape index (κ2) is 11.5. The average Bonchev–Trinajstić information content (AvgIpc) is 3.20. The Morgan fingerprint density at radius 3 is 2.37 bits per heavy atom. The first-order valence-electron chi connectivity index (χ1n) is 12.0. The maximum atomic E-state index is 13.0. The van der Waals surface area contributed by atoms with Gasteiger partial charge < -0.3 is 9.47 Å². The lowest BCUT2D eigenvalue weighted by molar-refractivity contribution is -0.131. The van der Waals surface area contributed by atoms with Gasteiger partial charge in [0.25, 0.3) is 0 Å². The summed E-state index contributed by atoms with van der Waals surface area (Å²) in [7, 11) is -3.57. The smallest absolute Gasteiger partial charge is 0.243 e. The van der Waals surface area contributed by atoms with Gasteiger partial charge in [0.2, 0.25) is 15.9 Å². The fourth-order valence-electron chi connectivity index (χ4n) is 4.21. The molecule has 8 heteroatoms. The highest BCUT2D eigenvalue weighted by Crippen LogP contribution is 2.24. The van der Waals surface area contributed by atoms with Crippen LogP contribution in [0.5, 0.6) is 0 Å². The number of amides is 1. The van der Waals surface area contributed by atoms with Crippen molar-refractivity contribution in [2.24, 2.45) is 0 Å². The van der Waals surface area contributed by atoms with Crippen LogP contribution in [-0.4, -0.2) is 52.7 Å². The number of hydrogen-bond acceptors (Lipinski definition) is 4. The van der Waals surface area contributed by atoms with Crippen molar-refractivity contribution < 1.29 is 13.2 Å². The molecule has 186 valence electrons. The van der Waals surface area contributed by atoms with Gasteiger partial charge in [-0.2, -0.15) is 4.31 Å². The first-order valence-corrected chi connectivity index (χ1v) is 13.4. The predicted octanol–water partition coefficient (Wildman–Crippen LogP) is 3.99. The van der Waals surface area contributed by atoms with Crippen molar-refractivity contribution in [2.45, 2.75) is 58.5 Å². The number of imidazole rings is 1. The van der Waals surface area contributed by atoms with Crippen LogP contribution < -0.4 is 0 Å². The van der Waals surface area contributed by atoms with E-state index in [4.69, 9.17) is 11.4 Å². The zero-order chi connectivity index (χ0) is 25.6. The van der Waals surface area contributed by atoms with E-state index in [1.54, 1.807) is 23.1 Å². The fourth-order valence-corrected chi connectivity index (χ4v) is 5.69. The van der Waals surface area contributed by atoms with E-state index in [0.717, 1.165) is 22.5 Å². The third kappa shape index (κ3) is 5.92. The summed E-state index contributed by atoms with van der Waals surface area (Å²) < 4.78 is 29.3. The molecule has 0 saturated carbocycles. The lowest BCUT2D eigenvalue weighted by atomic mass is 10.1. The SMILES string of the molecule is C#CCN(Cc1ccc(C)cc1)C(=O)CCc1nc2cc(S(=O)(=O)N(CC)CC)ccc2n1CC. The molecule has 1 aromatic heterocycles. The molecule has 0 aliphatic rings. The van der Waals surface area contributed by atoms with Crippen molar-refractivity contribution in [1.82, 2.24) is 18.8 Å². The Kier molecular flexibility index (Phi) is 8.71. The van der Waals surface area contributed by atoms with Crippen LogP contribution in [0.1, 0.15) is 44.1 Å². The largest absolute Gasteiger partial charge is 0.328 e. The fraction of sp³-hybridized carbons (Fsp3) is 0.407. The lowest BCUT2D eigenvalue weighted by Gasteiger charge is -2.20. The summed E-state index contributed by atoms with van der Waals surface area (Å²) in [5, 5.41) is 0. The zero-order valence-corrected chi connectivity index (χ0v) is 21.8. The summed E-state index contributed by atoms with van der Waals surface area (Å²) in [5.41, 5.74) is 3.66. The first kappa shape index (κ1) is 26.5. The number of fused-ring (bicyclic) bond motifs is 1. The van der Waals surface area contributed by atoms with E-state index in [0.29, 0.717) is 38.1 Å². The molecule has 1 amide bonds. The molecular formula is C27H34N4O3S. The van der Waals surface area contributed by atoms with E-state index in [2.05, 4.69) is 5.92 Å². The van der Waals surface area contributed by atoms with Gasteiger partial charge in [0.15, 0.2) is 0 Å². The van der Waals surface area contributed by atoms with Gasteiger partial charge in [0, 0.05) is 39.0 Å². The monoisotopic (exact) mass is 494 g/mol. The van der Waals surface area contributed by atoms with Crippen LogP contribution in [0.25, 0.3) is 11.0 Å². The molecule has 0 radical (unpaired) electrons. The number of aromatic nitrogens is 2. The Morgan fingerprint density at radius 1 is 1.09 bits per heavy atom. The molecule has 0 fully saturated rings. The van der Waals surface area contributed by atoms with Gasteiger partial charge in [-0.1, -0.05) is 49.6 Å². The Morgan fingerprint density at radius 2 is 1.77 bits per heavy atom. The van der Waals surface area contributed by atoms with Gasteiger partial charge in [-0.05, 0) is 37.6 Å². The molecule has 35 heavy (non-hydrogen) atoms. The number of rotatable bonds is 11. The van der Waals surface area contributed by atoms with Gasteiger partial charge >= 0.3 is 0 Å². The molecule has 0 N–H and O–H groups in total. The second-order valence-corrected chi connectivity index (χ2v) is 10.4. The highest BCUT2D eigenvalue weighted by atomic mass is 32.2. The Balaban J connectivity index is 1.81. The standard InChI is InChI=1S/C27H34N4O3S/c1-6-18-29(20-22-12-10-21(5)11-13-22)27(32)17-16-26-28-24-19-23(14-15-25(24)31(26)9-4)35(33,34)30(7-2)8-3/h1,10-15,19H,7-9,16-18,20H2,2-5H3. The van der Waals surface area contributed by atoms with E-state index < -0.39 is 10.0 Å². The van der Waals surface area contributed by atoms with Gasteiger partial charge in [-0.3, -0.25) is 4.79 Å². The lowest BCUT2D eigenvalue weighted by Crippen LogP contribution is -2.31. The number of carbonyl (C=O) groups excluding carboxylic acids is 1. The van der Waals surface area contributed by atoms with Crippen molar-refractivity contribution in [2.75, 3.05) is 19.6 Å². The molecule has 3 rings (SSSR count). The number of nitrogens with zero attached hydrogens (tertiary/aromatic N) is 4. The third-order valence-corrected chi connectivity index (χ3v) is 8.20. The van der Waals surface area contributed by atoms with Crippen molar-refractivity contribution in [1.29, 1.82) is 0 Å². The summed E-state index contributed by atoms with van der Waals surface area (Å²) in [5.74, 6) is 3.30. The minimum Gasteiger partial charge on any atom is -0.328 e. The summed E-state index contributed by atoms with van der Waals surface area (Å²) in [6.45, 7) is 9.86. The quantitative estimate of drug-likeness (QED) is 0.378. The maximum absolute atomic E-state index is 13.0. The molecule has 0 atom stereocenters. The minimum absolute atomic E-state index is 0.0389. The highest BCUT2D eigenvalue weighted by Gasteiger charge is 2.23. The van der Waals surface area contributed by atoms with E-state index >= 15 is 0 Å². The van der Waals surface area contributed by atoms with E-state index in [1.165, 1.54) is 4.31 Å². The molecule has 0 saturated heterocycles. The normalized spacial score (nSPS) is 11.7. The van der Waals surface area contributed by atoms with Crippen LogP contribution in [0.2, 0.25) is 0 Å². The molecule has 3 aromatic rings. The number of carbonyl (C=O) groups is 1. The summed E-state index contributed by atoms with van der Waals surface area (Å²) in [6.07, 6.45) is 6.23. The molecule has 0 unspecified atom stereocenters. The van der Waals surface area contributed by atoms with Gasteiger partial charge in [0.1, 0.15) is 5.82 Å². The third-order valence-electron chi connectivity index (χ3n) is 6.15. The van der Waals surface area contributed by atoms with Crippen LogP contribution in [-0.2, 0) is 34.3 Å². The Hall–Kier alpha value is -3.15. The Labute approximate surface area is 208 Å². The second-order valence-electron chi connectivity index (χ2n) is 8.45. The summed E-state index contributed by atoms with van der Waals surface area (Å²) in [4.78, 5) is 19.6. The summed E-state index contributed by atoms with van der Waals surface area (Å²) in [6, 6.07) is 13.1. The Bertz CT molecular complexity index is 1320. The van der Waals surface area contributed by atoms with Crippen LogP contribution >= 0.6 is 0 Å². The van der Waals surface area contributed by atoms with Gasteiger partial charge in [-0.15, -0.1) is 6.42 Å². The molecule has 0 bridgehead atoms. The predicted molar refractivity (Wildman–Crippen MR) is 139 cm³/mol. The number of benzene rings is 2. The van der Waals surface area contributed by atoms with Crippen molar-refractivity contribution in [3.63, 3.8) is 0 Å². The average molecular weight is 495 g/mol. The molecule has 0 aliphatic heterocycles. The summed E-state index contributed by atoms with van der Waals surface area (Å²) >= 11 is 0. The van der Waals surface area contributed by atoms with Crippen molar-refractivity contribution in [3.05, 3.63) is 59.4 Å². The van der Waals surface area contributed by atoms with Gasteiger partial charge in [-0.25, -0.2) is 13.4 Å².